The van der Waals surface area contributed by atoms with E-state index in [1.165, 1.54) is 11.8 Å². The molecule has 0 bridgehead atoms. The van der Waals surface area contributed by atoms with Gasteiger partial charge in [0.05, 0.1) is 4.47 Å². The summed E-state index contributed by atoms with van der Waals surface area (Å²) in [5.74, 6) is 0.798. The zero-order valence-electron chi connectivity index (χ0n) is 10.7. The van der Waals surface area contributed by atoms with Crippen LogP contribution in [0.5, 0.6) is 0 Å². The van der Waals surface area contributed by atoms with Crippen LogP contribution in [0.25, 0.3) is 0 Å². The number of rotatable bonds is 5. The van der Waals surface area contributed by atoms with E-state index in [0.717, 1.165) is 33.8 Å². The molecule has 100 valence electrons. The molecule has 0 unspecified atom stereocenters. The molecular weight excluding hydrogens is 326 g/mol. The molecule has 0 saturated heterocycles. The maximum Gasteiger partial charge on any atom is 0.193 e. The van der Waals surface area contributed by atoms with Crippen molar-refractivity contribution in [3.8, 4) is 0 Å². The van der Waals surface area contributed by atoms with Crippen LogP contribution in [0.15, 0.2) is 33.4 Å². The number of aromatic nitrogens is 4. The van der Waals surface area contributed by atoms with Crippen LogP contribution in [0, 0.1) is 6.92 Å². The van der Waals surface area contributed by atoms with Crippen LogP contribution in [-0.4, -0.2) is 26.5 Å². The lowest BCUT2D eigenvalue weighted by atomic mass is 10.4. The minimum atomic E-state index is 0.673. The third-order valence-electron chi connectivity index (χ3n) is 2.25. The molecule has 0 fully saturated rings. The molecule has 5 nitrogen and oxygen atoms in total. The molecule has 0 atom stereocenters. The second-order valence-electron chi connectivity index (χ2n) is 3.91. The minimum Gasteiger partial charge on any atom is -0.369 e. The molecule has 0 radical (unpaired) electrons. The number of aryl methyl sites for hydroxylation is 1. The van der Waals surface area contributed by atoms with E-state index in [4.69, 9.17) is 0 Å². The molecule has 2 heterocycles. The first-order valence-corrected chi connectivity index (χ1v) is 7.52. The van der Waals surface area contributed by atoms with Crippen LogP contribution < -0.4 is 5.32 Å². The molecule has 0 saturated carbocycles. The van der Waals surface area contributed by atoms with Crippen LogP contribution in [0.2, 0.25) is 0 Å². The van der Waals surface area contributed by atoms with Crippen molar-refractivity contribution in [2.24, 2.45) is 0 Å². The van der Waals surface area contributed by atoms with Crippen LogP contribution >= 0.6 is 27.7 Å². The van der Waals surface area contributed by atoms with Gasteiger partial charge >= 0.3 is 0 Å². The Kier molecular flexibility index (Phi) is 5.09. The number of anilines is 1. The van der Waals surface area contributed by atoms with Gasteiger partial charge in [-0.2, -0.15) is 0 Å². The van der Waals surface area contributed by atoms with Crippen LogP contribution in [0.3, 0.4) is 0 Å². The molecule has 2 rings (SSSR count). The number of nitrogens with one attached hydrogen (secondary N) is 1. The van der Waals surface area contributed by atoms with E-state index in [2.05, 4.69) is 48.1 Å². The number of halogens is 1. The molecule has 1 N–H and O–H groups in total. The molecule has 0 aliphatic carbocycles. The molecular formula is C12H14BrN5S. The Balaban J connectivity index is 2.18. The average molecular weight is 340 g/mol. The fourth-order valence-corrected chi connectivity index (χ4v) is 2.57. The number of hydrogen-bond donors (Lipinski definition) is 1. The van der Waals surface area contributed by atoms with E-state index < -0.39 is 0 Å². The molecule has 0 amide bonds. The molecule has 0 aromatic carbocycles. The lowest BCUT2D eigenvalue weighted by Gasteiger charge is -2.08. The van der Waals surface area contributed by atoms with Gasteiger partial charge < -0.3 is 5.32 Å². The first-order valence-electron chi connectivity index (χ1n) is 5.91. The summed E-state index contributed by atoms with van der Waals surface area (Å²) in [6.45, 7) is 4.94. The summed E-state index contributed by atoms with van der Waals surface area (Å²) in [5.41, 5.74) is 1.04. The Morgan fingerprint density at radius 2 is 1.95 bits per heavy atom. The minimum absolute atomic E-state index is 0.673. The first kappa shape index (κ1) is 14.2. The number of nitrogens with zero attached hydrogens (tertiary/aromatic N) is 4. The predicted molar refractivity (Wildman–Crippen MR) is 79.4 cm³/mol. The van der Waals surface area contributed by atoms with Crippen molar-refractivity contribution in [3.05, 3.63) is 28.8 Å². The van der Waals surface area contributed by atoms with E-state index >= 15 is 0 Å². The molecule has 2 aromatic rings. The van der Waals surface area contributed by atoms with E-state index in [-0.39, 0.29) is 0 Å². The summed E-state index contributed by atoms with van der Waals surface area (Å²) < 4.78 is 0.845. The first-order chi connectivity index (χ1) is 9.20. The summed E-state index contributed by atoms with van der Waals surface area (Å²) in [6.07, 6.45) is 6.17. The highest BCUT2D eigenvalue weighted by atomic mass is 79.9. The van der Waals surface area contributed by atoms with Crippen molar-refractivity contribution in [1.29, 1.82) is 0 Å². The fraction of sp³-hybridized carbons (Fsp3) is 0.333. The molecule has 19 heavy (non-hydrogen) atoms. The standard InChI is InChI=1S/C12H14BrN5S/c1-3-4-14-10-9(13)11(18-7-17-10)19-12-15-5-8(2)6-16-12/h5-7H,3-4H2,1-2H3,(H,14,17,18). The second kappa shape index (κ2) is 6.81. The van der Waals surface area contributed by atoms with Gasteiger partial charge in [0.2, 0.25) is 0 Å². The third-order valence-corrected chi connectivity index (χ3v) is 4.16. The molecule has 2 aromatic heterocycles. The van der Waals surface area contributed by atoms with E-state index in [9.17, 15) is 0 Å². The molecule has 0 aliphatic heterocycles. The van der Waals surface area contributed by atoms with Crippen molar-refractivity contribution in [2.45, 2.75) is 30.5 Å². The quantitative estimate of drug-likeness (QED) is 0.665. The molecule has 7 heteroatoms. The Hall–Kier alpha value is -1.21. The maximum atomic E-state index is 4.26. The van der Waals surface area contributed by atoms with Crippen LogP contribution in [0.1, 0.15) is 18.9 Å². The van der Waals surface area contributed by atoms with Gasteiger partial charge in [0.15, 0.2) is 5.16 Å². The average Bonchev–Trinajstić information content (AvgIpc) is 2.42. The van der Waals surface area contributed by atoms with Gasteiger partial charge in [0.1, 0.15) is 17.2 Å². The normalized spacial score (nSPS) is 10.5. The van der Waals surface area contributed by atoms with Gasteiger partial charge in [-0.3, -0.25) is 0 Å². The van der Waals surface area contributed by atoms with Crippen molar-refractivity contribution < 1.29 is 0 Å². The third kappa shape index (κ3) is 3.87. The van der Waals surface area contributed by atoms with Gasteiger partial charge in [0, 0.05) is 18.9 Å². The Labute approximate surface area is 124 Å². The predicted octanol–water partition coefficient (Wildman–Crippen LogP) is 3.31. The zero-order chi connectivity index (χ0) is 13.7. The summed E-state index contributed by atoms with van der Waals surface area (Å²) in [6, 6.07) is 0. The van der Waals surface area contributed by atoms with E-state index in [0.29, 0.717) is 5.16 Å². The highest BCUT2D eigenvalue weighted by molar-refractivity contribution is 9.10. The summed E-state index contributed by atoms with van der Waals surface area (Å²) in [4.78, 5) is 17.0. The van der Waals surface area contributed by atoms with E-state index in [1.807, 2.05) is 6.92 Å². The summed E-state index contributed by atoms with van der Waals surface area (Å²) in [7, 11) is 0. The van der Waals surface area contributed by atoms with Crippen molar-refractivity contribution in [3.63, 3.8) is 0 Å². The lowest BCUT2D eigenvalue weighted by Crippen LogP contribution is -2.04. The Bertz CT molecular complexity index is 546. The van der Waals surface area contributed by atoms with Gasteiger partial charge in [-0.25, -0.2) is 19.9 Å². The van der Waals surface area contributed by atoms with Crippen molar-refractivity contribution >= 4 is 33.5 Å². The highest BCUT2D eigenvalue weighted by Gasteiger charge is 2.11. The molecule has 0 spiro atoms. The smallest absolute Gasteiger partial charge is 0.193 e. The largest absolute Gasteiger partial charge is 0.369 e. The summed E-state index contributed by atoms with van der Waals surface area (Å²) in [5, 5.41) is 4.72. The number of hydrogen-bond acceptors (Lipinski definition) is 6. The van der Waals surface area contributed by atoms with Gasteiger partial charge in [-0.1, -0.05) is 6.92 Å². The monoisotopic (exact) mass is 339 g/mol. The van der Waals surface area contributed by atoms with Crippen molar-refractivity contribution in [2.75, 3.05) is 11.9 Å². The molecule has 0 aliphatic rings. The topological polar surface area (TPSA) is 63.6 Å². The van der Waals surface area contributed by atoms with Gasteiger partial charge in [-0.05, 0) is 46.6 Å². The van der Waals surface area contributed by atoms with Crippen LogP contribution in [-0.2, 0) is 0 Å². The second-order valence-corrected chi connectivity index (χ2v) is 5.66. The SMILES string of the molecule is CCCNc1ncnc(Sc2ncc(C)cn2)c1Br. The Morgan fingerprint density at radius 3 is 2.63 bits per heavy atom. The van der Waals surface area contributed by atoms with Gasteiger partial charge in [-0.15, -0.1) is 0 Å². The van der Waals surface area contributed by atoms with Crippen molar-refractivity contribution in [1.82, 2.24) is 19.9 Å². The van der Waals surface area contributed by atoms with E-state index in [1.54, 1.807) is 18.7 Å². The maximum absolute atomic E-state index is 4.26. The highest BCUT2D eigenvalue weighted by Crippen LogP contribution is 2.32. The fourth-order valence-electron chi connectivity index (χ4n) is 1.31. The lowest BCUT2D eigenvalue weighted by molar-refractivity contribution is 0.928. The van der Waals surface area contributed by atoms with Gasteiger partial charge in [0.25, 0.3) is 0 Å². The van der Waals surface area contributed by atoms with Crippen LogP contribution in [0.4, 0.5) is 5.82 Å². The summed E-state index contributed by atoms with van der Waals surface area (Å²) >= 11 is 4.93. The Morgan fingerprint density at radius 1 is 1.21 bits per heavy atom. The zero-order valence-corrected chi connectivity index (χ0v) is 13.1.